The summed E-state index contributed by atoms with van der Waals surface area (Å²) in [5, 5.41) is 2.67. The van der Waals surface area contributed by atoms with E-state index in [1.165, 1.54) is 18.3 Å². The third-order valence-corrected chi connectivity index (χ3v) is 2.48. The van der Waals surface area contributed by atoms with Crippen molar-refractivity contribution in [1.82, 2.24) is 15.3 Å². The molecular formula is C13H12FN3O. The molecule has 5 heteroatoms. The Hall–Kier alpha value is -2.30. The Kier molecular flexibility index (Phi) is 3.62. The van der Waals surface area contributed by atoms with Crippen LogP contribution in [0.1, 0.15) is 29.0 Å². The van der Waals surface area contributed by atoms with Crippen LogP contribution in [0.2, 0.25) is 0 Å². The highest BCUT2D eigenvalue weighted by atomic mass is 19.1. The van der Waals surface area contributed by atoms with Crippen molar-refractivity contribution in [3.05, 3.63) is 59.9 Å². The molecule has 0 aliphatic rings. The van der Waals surface area contributed by atoms with E-state index in [0.717, 1.165) is 5.69 Å². The van der Waals surface area contributed by atoms with Crippen molar-refractivity contribution in [1.29, 1.82) is 0 Å². The van der Waals surface area contributed by atoms with Crippen LogP contribution < -0.4 is 5.32 Å². The number of rotatable bonds is 3. The summed E-state index contributed by atoms with van der Waals surface area (Å²) in [6.45, 7) is 1.79. The van der Waals surface area contributed by atoms with Gasteiger partial charge >= 0.3 is 0 Å². The average molecular weight is 245 g/mol. The summed E-state index contributed by atoms with van der Waals surface area (Å²) in [6, 6.07) is 8.03. The number of nitrogens with zero attached hydrogens (tertiary/aromatic N) is 2. The van der Waals surface area contributed by atoms with Gasteiger partial charge in [0.05, 0.1) is 17.3 Å². The Balaban J connectivity index is 2.11. The number of halogens is 1. The Bertz CT molecular complexity index is 545. The second-order valence-electron chi connectivity index (χ2n) is 3.79. The number of carbonyl (C=O) groups is 1. The summed E-state index contributed by atoms with van der Waals surface area (Å²) in [7, 11) is 0. The molecule has 4 nitrogen and oxygen atoms in total. The molecule has 92 valence electrons. The van der Waals surface area contributed by atoms with Gasteiger partial charge in [0.2, 0.25) is 5.95 Å². The molecule has 0 saturated carbocycles. The van der Waals surface area contributed by atoms with E-state index in [-0.39, 0.29) is 11.6 Å². The summed E-state index contributed by atoms with van der Waals surface area (Å²) in [5.41, 5.74) is 0.649. The highest BCUT2D eigenvalue weighted by Crippen LogP contribution is 2.10. The fraction of sp³-hybridized carbons (Fsp3) is 0.154. The minimum Gasteiger partial charge on any atom is -0.344 e. The maximum Gasteiger partial charge on any atom is 0.256 e. The Labute approximate surface area is 104 Å². The van der Waals surface area contributed by atoms with Gasteiger partial charge in [-0.1, -0.05) is 6.07 Å². The van der Waals surface area contributed by atoms with Crippen molar-refractivity contribution in [2.24, 2.45) is 0 Å². The number of pyridine rings is 2. The molecule has 1 atom stereocenters. The molecule has 0 saturated heterocycles. The van der Waals surface area contributed by atoms with Crippen LogP contribution in [-0.4, -0.2) is 15.9 Å². The average Bonchev–Trinajstić information content (AvgIpc) is 2.40. The van der Waals surface area contributed by atoms with Gasteiger partial charge in [0.15, 0.2) is 0 Å². The van der Waals surface area contributed by atoms with Crippen LogP contribution in [0.4, 0.5) is 4.39 Å². The van der Waals surface area contributed by atoms with Crippen LogP contribution in [0, 0.1) is 5.95 Å². The second-order valence-corrected chi connectivity index (χ2v) is 3.79. The zero-order valence-corrected chi connectivity index (χ0v) is 9.80. The summed E-state index contributed by atoms with van der Waals surface area (Å²) >= 11 is 0. The molecule has 0 radical (unpaired) electrons. The van der Waals surface area contributed by atoms with Gasteiger partial charge in [-0.25, -0.2) is 4.98 Å². The molecule has 0 bridgehead atoms. The summed E-state index contributed by atoms with van der Waals surface area (Å²) in [4.78, 5) is 19.4. The minimum absolute atomic E-state index is 0.0692. The zero-order chi connectivity index (χ0) is 13.0. The van der Waals surface area contributed by atoms with Crippen LogP contribution in [0.25, 0.3) is 0 Å². The molecule has 1 unspecified atom stereocenters. The van der Waals surface area contributed by atoms with Gasteiger partial charge in [0.25, 0.3) is 5.91 Å². The zero-order valence-electron chi connectivity index (χ0n) is 9.80. The largest absolute Gasteiger partial charge is 0.344 e. The number of hydrogen-bond acceptors (Lipinski definition) is 3. The van der Waals surface area contributed by atoms with Crippen molar-refractivity contribution in [3.63, 3.8) is 0 Å². The lowest BCUT2D eigenvalue weighted by Crippen LogP contribution is -2.28. The summed E-state index contributed by atoms with van der Waals surface area (Å²) in [6.07, 6.45) is 2.94. The first-order valence-electron chi connectivity index (χ1n) is 5.51. The van der Waals surface area contributed by atoms with Gasteiger partial charge < -0.3 is 5.32 Å². The fourth-order valence-corrected chi connectivity index (χ4v) is 1.54. The highest BCUT2D eigenvalue weighted by Gasteiger charge is 2.15. The van der Waals surface area contributed by atoms with Gasteiger partial charge in [-0.3, -0.25) is 9.78 Å². The van der Waals surface area contributed by atoms with Crippen molar-refractivity contribution < 1.29 is 9.18 Å². The van der Waals surface area contributed by atoms with E-state index >= 15 is 0 Å². The number of carbonyl (C=O) groups excluding carboxylic acids is 1. The van der Waals surface area contributed by atoms with E-state index in [9.17, 15) is 9.18 Å². The maximum atomic E-state index is 13.3. The van der Waals surface area contributed by atoms with E-state index in [1.807, 2.05) is 6.07 Å². The number of hydrogen-bond donors (Lipinski definition) is 1. The van der Waals surface area contributed by atoms with Crippen LogP contribution in [0.5, 0.6) is 0 Å². The quantitative estimate of drug-likeness (QED) is 0.842. The van der Waals surface area contributed by atoms with E-state index < -0.39 is 11.9 Å². The number of nitrogens with one attached hydrogen (secondary N) is 1. The topological polar surface area (TPSA) is 54.9 Å². The number of aromatic nitrogens is 2. The van der Waals surface area contributed by atoms with Gasteiger partial charge in [0.1, 0.15) is 0 Å². The summed E-state index contributed by atoms with van der Waals surface area (Å²) < 4.78 is 13.3. The van der Waals surface area contributed by atoms with Gasteiger partial charge in [0, 0.05) is 12.4 Å². The van der Waals surface area contributed by atoms with Gasteiger partial charge in [-0.05, 0) is 31.2 Å². The van der Waals surface area contributed by atoms with Crippen LogP contribution in [-0.2, 0) is 0 Å². The van der Waals surface area contributed by atoms with E-state index in [2.05, 4.69) is 15.3 Å². The fourth-order valence-electron chi connectivity index (χ4n) is 1.54. The second kappa shape index (κ2) is 5.35. The predicted molar refractivity (Wildman–Crippen MR) is 64.3 cm³/mol. The molecule has 0 aromatic carbocycles. The molecule has 1 N–H and O–H groups in total. The molecule has 2 rings (SSSR count). The molecule has 0 aliphatic heterocycles. The molecule has 2 aromatic heterocycles. The molecule has 1 amide bonds. The highest BCUT2D eigenvalue weighted by molar-refractivity contribution is 5.94. The number of amides is 1. The molecule has 0 spiro atoms. The lowest BCUT2D eigenvalue weighted by Gasteiger charge is -2.13. The SMILES string of the molecule is CC(NC(=O)c1cccnc1F)c1ccccn1. The molecule has 18 heavy (non-hydrogen) atoms. The van der Waals surface area contributed by atoms with E-state index in [4.69, 9.17) is 0 Å². The normalized spacial score (nSPS) is 11.9. The van der Waals surface area contributed by atoms with E-state index in [0.29, 0.717) is 0 Å². The monoisotopic (exact) mass is 245 g/mol. The smallest absolute Gasteiger partial charge is 0.256 e. The maximum absolute atomic E-state index is 13.3. The first kappa shape index (κ1) is 12.2. The lowest BCUT2D eigenvalue weighted by molar-refractivity contribution is 0.0934. The van der Waals surface area contributed by atoms with Crippen LogP contribution >= 0.6 is 0 Å². The minimum atomic E-state index is -0.775. The van der Waals surface area contributed by atoms with E-state index in [1.54, 1.807) is 25.3 Å². The third-order valence-electron chi connectivity index (χ3n) is 2.48. The van der Waals surface area contributed by atoms with Crippen LogP contribution in [0.3, 0.4) is 0 Å². The third kappa shape index (κ3) is 2.68. The first-order valence-corrected chi connectivity index (χ1v) is 5.51. The molecular weight excluding hydrogens is 233 g/mol. The van der Waals surface area contributed by atoms with Crippen molar-refractivity contribution in [2.45, 2.75) is 13.0 Å². The van der Waals surface area contributed by atoms with Gasteiger partial charge in [-0.15, -0.1) is 0 Å². The predicted octanol–water partition coefficient (Wildman–Crippen LogP) is 2.11. The lowest BCUT2D eigenvalue weighted by atomic mass is 10.2. The van der Waals surface area contributed by atoms with Gasteiger partial charge in [-0.2, -0.15) is 4.39 Å². The van der Waals surface area contributed by atoms with Crippen molar-refractivity contribution >= 4 is 5.91 Å². The molecule has 2 heterocycles. The first-order chi connectivity index (χ1) is 8.68. The molecule has 0 fully saturated rings. The Morgan fingerprint density at radius 3 is 2.67 bits per heavy atom. The van der Waals surface area contributed by atoms with Crippen LogP contribution in [0.15, 0.2) is 42.7 Å². The standard InChI is InChI=1S/C13H12FN3O/c1-9(11-6-2-3-7-15-11)17-13(18)10-5-4-8-16-12(10)14/h2-9H,1H3,(H,17,18). The van der Waals surface area contributed by atoms with Crippen molar-refractivity contribution in [2.75, 3.05) is 0 Å². The Morgan fingerprint density at radius 1 is 1.22 bits per heavy atom. The summed E-state index contributed by atoms with van der Waals surface area (Å²) in [5.74, 6) is -1.28. The molecule has 0 aliphatic carbocycles. The molecule has 2 aromatic rings. The van der Waals surface area contributed by atoms with Crippen molar-refractivity contribution in [3.8, 4) is 0 Å². The Morgan fingerprint density at radius 2 is 2.00 bits per heavy atom.